The Kier molecular flexibility index (Phi) is 6.99. The molecule has 0 spiro atoms. The van der Waals surface area contributed by atoms with Crippen LogP contribution in [0.4, 0.5) is 5.82 Å². The fraction of sp³-hybridized carbons (Fsp3) is 0.0625. The monoisotopic (exact) mass is 697 g/mol. The summed E-state index contributed by atoms with van der Waals surface area (Å²) in [6.45, 7) is 4.14. The molecule has 0 radical (unpaired) electrons. The number of allylic oxidation sites excluding steroid dienone is 5. The van der Waals surface area contributed by atoms with Gasteiger partial charge in [-0.25, -0.2) is 0 Å². The summed E-state index contributed by atoms with van der Waals surface area (Å²) in [4.78, 5) is 3.37. The van der Waals surface area contributed by atoms with Gasteiger partial charge >= 0.3 is 5.71 Å². The lowest BCUT2D eigenvalue weighted by Crippen LogP contribution is -2.36. The first-order chi connectivity index (χ1) is 26.5. The van der Waals surface area contributed by atoms with Gasteiger partial charge < -0.3 is 20.7 Å². The first-order valence-corrected chi connectivity index (χ1v) is 18.3. The van der Waals surface area contributed by atoms with E-state index in [4.69, 9.17) is 15.8 Å². The number of aromatic nitrogens is 3. The molecule has 1 aliphatic carbocycles. The van der Waals surface area contributed by atoms with Crippen molar-refractivity contribution < 1.29 is 0 Å². The average molecular weight is 698 g/mol. The van der Waals surface area contributed by atoms with Gasteiger partial charge in [0, 0.05) is 57.7 Å². The topological polar surface area (TPSA) is 89.6 Å². The number of nitrogens with one attached hydrogen (secondary N) is 2. The van der Waals surface area contributed by atoms with Gasteiger partial charge in [0.25, 0.3) is 6.21 Å². The van der Waals surface area contributed by atoms with E-state index in [0.29, 0.717) is 0 Å². The van der Waals surface area contributed by atoms with Crippen LogP contribution in [0.25, 0.3) is 72.5 Å². The zero-order chi connectivity index (χ0) is 36.6. The van der Waals surface area contributed by atoms with Gasteiger partial charge in [-0.05, 0) is 107 Å². The summed E-state index contributed by atoms with van der Waals surface area (Å²) in [6.07, 6.45) is 15.4. The maximum atomic E-state index is 8.04. The van der Waals surface area contributed by atoms with Crippen LogP contribution < -0.4 is 10.4 Å². The molecular formula is C48H37N6+. The van der Waals surface area contributed by atoms with Crippen molar-refractivity contribution in [1.29, 1.82) is 5.41 Å². The van der Waals surface area contributed by atoms with E-state index in [1.807, 2.05) is 37.6 Å². The standard InChI is InChI=1S/C48H36N6/c1-3-9-37-38-24-27-52-47(38)54(46(37)50)34-21-17-32(18-22-34)31-15-19-33(20-16-31)53-43-13-7-5-11-36(43)40-28-42-39(29-44(40)53)35-10-4-6-12-41(35)48(42,30(2)23-25-49)45-14-8-26-51-45/h3-29,49-51H,1-2H3/p+1/b9-3-,30-23+,49-25?. The quantitative estimate of drug-likeness (QED) is 0.112. The lowest BCUT2D eigenvalue weighted by molar-refractivity contribution is 0.836. The summed E-state index contributed by atoms with van der Waals surface area (Å²) >= 11 is 0. The number of fused-ring (bicyclic) bond motifs is 7. The molecule has 1 aliphatic heterocycles. The molecular weight excluding hydrogens is 661 g/mol. The lowest BCUT2D eigenvalue weighted by Gasteiger charge is -2.27. The molecule has 1 unspecified atom stereocenters. The van der Waals surface area contributed by atoms with Gasteiger partial charge in [0.1, 0.15) is 16.9 Å². The maximum absolute atomic E-state index is 8.04. The van der Waals surface area contributed by atoms with Crippen LogP contribution in [0.5, 0.6) is 0 Å². The van der Waals surface area contributed by atoms with Gasteiger partial charge in [-0.2, -0.15) is 0 Å². The van der Waals surface area contributed by atoms with Crippen molar-refractivity contribution in [2.24, 2.45) is 0 Å². The Morgan fingerprint density at radius 1 is 0.759 bits per heavy atom. The zero-order valence-electron chi connectivity index (χ0n) is 30.0. The Morgan fingerprint density at radius 2 is 1.48 bits per heavy atom. The predicted octanol–water partition coefficient (Wildman–Crippen LogP) is 10.3. The third-order valence-electron chi connectivity index (χ3n) is 11.4. The van der Waals surface area contributed by atoms with Crippen LogP contribution in [0.2, 0.25) is 0 Å². The second-order valence-corrected chi connectivity index (χ2v) is 14.1. The SMILES string of the molecule is C/C=C\c1c(N)n(-c2ccc(-c3ccc(-n4c5ccccc5c5cc6c(cc54)-c4ccccc4C6(C4=[N+]=CC=C4)/C(C)=C/C=N)cc3)cc2)c2[nH]ccc12. The predicted molar refractivity (Wildman–Crippen MR) is 228 cm³/mol. The maximum Gasteiger partial charge on any atom is 0.323 e. The Hall–Kier alpha value is -7.14. The molecule has 3 aromatic heterocycles. The van der Waals surface area contributed by atoms with Gasteiger partial charge in [-0.15, -0.1) is 0 Å². The van der Waals surface area contributed by atoms with Crippen molar-refractivity contribution in [2.45, 2.75) is 19.3 Å². The van der Waals surface area contributed by atoms with E-state index in [9.17, 15) is 0 Å². The van der Waals surface area contributed by atoms with Crippen molar-refractivity contribution in [3.63, 3.8) is 0 Å². The molecule has 54 heavy (non-hydrogen) atoms. The van der Waals surface area contributed by atoms with Crippen molar-refractivity contribution in [3.8, 4) is 33.6 Å². The van der Waals surface area contributed by atoms with E-state index in [2.05, 4.69) is 148 Å². The van der Waals surface area contributed by atoms with Gasteiger partial charge in [-0.3, -0.25) is 4.57 Å². The number of hydrogen-bond donors (Lipinski definition) is 3. The Balaban J connectivity index is 1.10. The number of nitrogens with zero attached hydrogens (tertiary/aromatic N) is 3. The van der Waals surface area contributed by atoms with Crippen LogP contribution in [0.1, 0.15) is 30.5 Å². The summed E-state index contributed by atoms with van der Waals surface area (Å²) < 4.78 is 9.38. The van der Waals surface area contributed by atoms with E-state index in [-0.39, 0.29) is 0 Å². The number of para-hydroxylation sites is 1. The first-order valence-electron chi connectivity index (χ1n) is 18.3. The highest BCUT2D eigenvalue weighted by molar-refractivity contribution is 6.19. The third-order valence-corrected chi connectivity index (χ3v) is 11.4. The Bertz CT molecular complexity index is 3010. The zero-order valence-corrected chi connectivity index (χ0v) is 30.0. The average Bonchev–Trinajstić information content (AvgIpc) is 4.04. The molecule has 2 aliphatic rings. The molecule has 4 N–H and O–H groups in total. The first kappa shape index (κ1) is 31.6. The smallest absolute Gasteiger partial charge is 0.323 e. The number of anilines is 1. The highest BCUT2D eigenvalue weighted by Gasteiger charge is 2.53. The van der Waals surface area contributed by atoms with E-state index in [1.165, 1.54) is 39.2 Å². The molecule has 0 amide bonds. The minimum Gasteiger partial charge on any atom is -0.384 e. The second-order valence-electron chi connectivity index (χ2n) is 14.1. The molecule has 0 saturated heterocycles. The molecule has 6 nitrogen and oxygen atoms in total. The highest BCUT2D eigenvalue weighted by Crippen LogP contribution is 2.55. The molecule has 258 valence electrons. The van der Waals surface area contributed by atoms with Crippen LogP contribution in [0.3, 0.4) is 0 Å². The summed E-state index contributed by atoms with van der Waals surface area (Å²) in [5.41, 5.74) is 21.6. The van der Waals surface area contributed by atoms with Crippen LogP contribution in [0, 0.1) is 5.41 Å². The van der Waals surface area contributed by atoms with E-state index in [0.717, 1.165) is 67.2 Å². The molecule has 5 aromatic carbocycles. The summed E-state index contributed by atoms with van der Waals surface area (Å²) in [5.74, 6) is 0.721. The number of benzene rings is 5. The number of hydrogen-bond acceptors (Lipinski definition) is 2. The van der Waals surface area contributed by atoms with Crippen molar-refractivity contribution in [1.82, 2.24) is 18.8 Å². The van der Waals surface area contributed by atoms with Crippen molar-refractivity contribution >= 4 is 62.9 Å². The number of nitrogens with two attached hydrogens (primary N) is 1. The molecule has 1 atom stereocenters. The minimum absolute atomic E-state index is 0.600. The van der Waals surface area contributed by atoms with Crippen LogP contribution in [-0.2, 0) is 5.41 Å². The normalized spacial score (nSPS) is 16.3. The van der Waals surface area contributed by atoms with Crippen LogP contribution in [0.15, 0.2) is 151 Å². The van der Waals surface area contributed by atoms with Gasteiger partial charge in [-0.1, -0.05) is 83.6 Å². The molecule has 4 heterocycles. The van der Waals surface area contributed by atoms with Crippen molar-refractivity contribution in [3.05, 3.63) is 168 Å². The molecule has 8 aromatic rings. The van der Waals surface area contributed by atoms with E-state index in [1.54, 1.807) is 0 Å². The Morgan fingerprint density at radius 3 is 2.20 bits per heavy atom. The number of aromatic amines is 1. The van der Waals surface area contributed by atoms with Crippen LogP contribution in [-0.4, -0.2) is 32.3 Å². The van der Waals surface area contributed by atoms with E-state index >= 15 is 0 Å². The van der Waals surface area contributed by atoms with Gasteiger partial charge in [0.15, 0.2) is 0 Å². The van der Waals surface area contributed by atoms with Crippen LogP contribution >= 0.6 is 0 Å². The minimum atomic E-state index is -0.600. The molecule has 0 fully saturated rings. The fourth-order valence-corrected chi connectivity index (χ4v) is 9.05. The third kappa shape index (κ3) is 4.29. The van der Waals surface area contributed by atoms with Crippen molar-refractivity contribution in [2.75, 3.05) is 5.73 Å². The second kappa shape index (κ2) is 12.0. The molecule has 6 heteroatoms. The number of rotatable bonds is 7. The largest absolute Gasteiger partial charge is 0.384 e. The summed E-state index contributed by atoms with van der Waals surface area (Å²) in [7, 11) is 0. The van der Waals surface area contributed by atoms with Gasteiger partial charge in [0.2, 0.25) is 0 Å². The fourth-order valence-electron chi connectivity index (χ4n) is 9.05. The summed E-state index contributed by atoms with van der Waals surface area (Å²) in [5, 5.41) is 11.5. The molecule has 10 rings (SSSR count). The number of nitrogen functional groups attached to an aromatic ring is 1. The van der Waals surface area contributed by atoms with Gasteiger partial charge in [0.05, 0.1) is 11.0 Å². The summed E-state index contributed by atoms with van der Waals surface area (Å²) in [6, 6.07) is 41.6. The molecule has 0 saturated carbocycles. The lowest BCUT2D eigenvalue weighted by atomic mass is 9.68. The highest BCUT2D eigenvalue weighted by atomic mass is 15.1. The number of H-pyrrole nitrogens is 1. The molecule has 0 bridgehead atoms. The van der Waals surface area contributed by atoms with E-state index < -0.39 is 5.41 Å². The Labute approximate surface area is 312 Å².